The molecule has 120 valence electrons. The van der Waals surface area contributed by atoms with Crippen LogP contribution in [0.1, 0.15) is 48.9 Å². The van der Waals surface area contributed by atoms with Gasteiger partial charge in [0.15, 0.2) is 11.5 Å². The van der Waals surface area contributed by atoms with Crippen molar-refractivity contribution in [1.29, 1.82) is 0 Å². The summed E-state index contributed by atoms with van der Waals surface area (Å²) in [6, 6.07) is 15.8. The average molecular weight is 309 g/mol. The molecule has 0 N–H and O–H groups in total. The molecule has 2 aromatic rings. The van der Waals surface area contributed by atoms with Crippen molar-refractivity contribution in [2.75, 3.05) is 19.9 Å². The van der Waals surface area contributed by atoms with Crippen molar-refractivity contribution >= 4 is 0 Å². The van der Waals surface area contributed by atoms with Crippen LogP contribution < -0.4 is 9.47 Å². The zero-order chi connectivity index (χ0) is 15.8. The second-order valence-electron chi connectivity index (χ2n) is 6.27. The summed E-state index contributed by atoms with van der Waals surface area (Å²) in [6.45, 7) is 7.01. The molecular formula is C20H23NO2. The molecule has 1 aliphatic heterocycles. The van der Waals surface area contributed by atoms with Gasteiger partial charge in [-0.25, -0.2) is 0 Å². The monoisotopic (exact) mass is 309 g/mol. The number of ether oxygens (including phenoxy) is 2. The fourth-order valence-electron chi connectivity index (χ4n) is 4.06. The summed E-state index contributed by atoms with van der Waals surface area (Å²) in [4.78, 5) is 2.56. The molecule has 0 amide bonds. The molecular weight excluding hydrogens is 286 g/mol. The molecule has 3 heteroatoms. The minimum atomic E-state index is 0.335. The Labute approximate surface area is 137 Å². The van der Waals surface area contributed by atoms with Crippen LogP contribution in [0.5, 0.6) is 11.5 Å². The lowest BCUT2D eigenvalue weighted by atomic mass is 9.92. The third-order valence-corrected chi connectivity index (χ3v) is 5.24. The normalized spacial score (nSPS) is 21.7. The SMILES string of the molecule is CCN(CC)[C@H]1C[C@H](c2ccc3c(c2)OCO3)c2ccccc21. The van der Waals surface area contributed by atoms with Crippen molar-refractivity contribution in [1.82, 2.24) is 4.90 Å². The Morgan fingerprint density at radius 3 is 2.48 bits per heavy atom. The van der Waals surface area contributed by atoms with E-state index in [0.29, 0.717) is 18.8 Å². The number of hydrogen-bond acceptors (Lipinski definition) is 3. The van der Waals surface area contributed by atoms with Gasteiger partial charge in [-0.2, -0.15) is 0 Å². The largest absolute Gasteiger partial charge is 0.454 e. The van der Waals surface area contributed by atoms with E-state index in [0.717, 1.165) is 31.0 Å². The molecule has 2 aliphatic rings. The summed E-state index contributed by atoms with van der Waals surface area (Å²) >= 11 is 0. The van der Waals surface area contributed by atoms with Crippen LogP contribution in [0.3, 0.4) is 0 Å². The Morgan fingerprint density at radius 2 is 1.70 bits per heavy atom. The van der Waals surface area contributed by atoms with Crippen molar-refractivity contribution in [3.05, 3.63) is 59.2 Å². The van der Waals surface area contributed by atoms with Crippen molar-refractivity contribution < 1.29 is 9.47 Å². The maximum absolute atomic E-state index is 5.57. The van der Waals surface area contributed by atoms with Crippen LogP contribution in [-0.4, -0.2) is 24.8 Å². The highest BCUT2D eigenvalue weighted by Gasteiger charge is 2.34. The summed E-state index contributed by atoms with van der Waals surface area (Å²) in [5, 5.41) is 0. The summed E-state index contributed by atoms with van der Waals surface area (Å²) in [5.41, 5.74) is 4.28. The molecule has 0 aromatic heterocycles. The fourth-order valence-corrected chi connectivity index (χ4v) is 4.06. The van der Waals surface area contributed by atoms with Gasteiger partial charge in [-0.1, -0.05) is 44.2 Å². The van der Waals surface area contributed by atoms with E-state index >= 15 is 0 Å². The quantitative estimate of drug-likeness (QED) is 0.839. The number of benzene rings is 2. The lowest BCUT2D eigenvalue weighted by Crippen LogP contribution is -2.27. The molecule has 3 nitrogen and oxygen atoms in total. The molecule has 0 unspecified atom stereocenters. The number of fused-ring (bicyclic) bond motifs is 2. The first-order chi connectivity index (χ1) is 11.3. The molecule has 1 heterocycles. The second kappa shape index (κ2) is 5.89. The third kappa shape index (κ3) is 2.40. The van der Waals surface area contributed by atoms with Crippen LogP contribution in [0.2, 0.25) is 0 Å². The van der Waals surface area contributed by atoms with Crippen LogP contribution >= 0.6 is 0 Å². The van der Waals surface area contributed by atoms with Gasteiger partial charge >= 0.3 is 0 Å². The highest BCUT2D eigenvalue weighted by Crippen LogP contribution is 2.48. The first kappa shape index (κ1) is 14.6. The summed E-state index contributed by atoms with van der Waals surface area (Å²) < 4.78 is 11.0. The Hall–Kier alpha value is -2.00. The minimum Gasteiger partial charge on any atom is -0.454 e. The van der Waals surface area contributed by atoms with Crippen LogP contribution in [0.15, 0.2) is 42.5 Å². The van der Waals surface area contributed by atoms with Gasteiger partial charge in [-0.15, -0.1) is 0 Å². The molecule has 0 bridgehead atoms. The third-order valence-electron chi connectivity index (χ3n) is 5.24. The molecule has 0 saturated carbocycles. The van der Waals surface area contributed by atoms with Gasteiger partial charge in [-0.3, -0.25) is 4.90 Å². The topological polar surface area (TPSA) is 21.7 Å². The van der Waals surface area contributed by atoms with Gasteiger partial charge in [0.25, 0.3) is 0 Å². The van der Waals surface area contributed by atoms with E-state index in [1.54, 1.807) is 0 Å². The first-order valence-corrected chi connectivity index (χ1v) is 8.54. The predicted molar refractivity (Wildman–Crippen MR) is 91.1 cm³/mol. The second-order valence-corrected chi connectivity index (χ2v) is 6.27. The highest BCUT2D eigenvalue weighted by molar-refractivity contribution is 5.50. The zero-order valence-corrected chi connectivity index (χ0v) is 13.8. The van der Waals surface area contributed by atoms with Crippen LogP contribution in [0.4, 0.5) is 0 Å². The Bertz CT molecular complexity index is 709. The van der Waals surface area contributed by atoms with Crippen LogP contribution in [0, 0.1) is 0 Å². The summed E-state index contributed by atoms with van der Waals surface area (Å²) in [6.07, 6.45) is 1.14. The zero-order valence-electron chi connectivity index (χ0n) is 13.8. The van der Waals surface area contributed by atoms with Gasteiger partial charge in [0.1, 0.15) is 0 Å². The lowest BCUT2D eigenvalue weighted by Gasteiger charge is -2.27. The van der Waals surface area contributed by atoms with Crippen molar-refractivity contribution in [3.63, 3.8) is 0 Å². The van der Waals surface area contributed by atoms with Gasteiger partial charge < -0.3 is 9.47 Å². The Kier molecular flexibility index (Phi) is 3.74. The Balaban J connectivity index is 1.73. The van der Waals surface area contributed by atoms with E-state index in [1.165, 1.54) is 16.7 Å². The Morgan fingerprint density at radius 1 is 0.957 bits per heavy atom. The average Bonchev–Trinajstić information content (AvgIpc) is 3.20. The number of rotatable bonds is 4. The lowest BCUT2D eigenvalue weighted by molar-refractivity contribution is 0.174. The number of nitrogens with zero attached hydrogens (tertiary/aromatic N) is 1. The molecule has 2 aromatic carbocycles. The van der Waals surface area contributed by atoms with E-state index in [-0.39, 0.29) is 0 Å². The standard InChI is InChI=1S/C20H23NO2/c1-3-21(4-2)18-12-17(15-7-5-6-8-16(15)18)14-9-10-19-20(11-14)23-13-22-19/h5-11,17-18H,3-4,12-13H2,1-2H3/t17-,18+/m1/s1. The fraction of sp³-hybridized carbons (Fsp3) is 0.400. The van der Waals surface area contributed by atoms with E-state index in [2.05, 4.69) is 55.1 Å². The maximum Gasteiger partial charge on any atom is 0.231 e. The molecule has 0 saturated heterocycles. The first-order valence-electron chi connectivity index (χ1n) is 8.54. The number of hydrogen-bond donors (Lipinski definition) is 0. The summed E-state index contributed by atoms with van der Waals surface area (Å²) in [7, 11) is 0. The molecule has 0 spiro atoms. The van der Waals surface area contributed by atoms with Crippen molar-refractivity contribution in [2.45, 2.75) is 32.2 Å². The van der Waals surface area contributed by atoms with Crippen LogP contribution in [0.25, 0.3) is 0 Å². The van der Waals surface area contributed by atoms with Gasteiger partial charge in [0.05, 0.1) is 0 Å². The smallest absolute Gasteiger partial charge is 0.231 e. The molecule has 4 rings (SSSR count). The van der Waals surface area contributed by atoms with Gasteiger partial charge in [0, 0.05) is 12.0 Å². The van der Waals surface area contributed by atoms with E-state index < -0.39 is 0 Å². The van der Waals surface area contributed by atoms with Crippen molar-refractivity contribution in [3.8, 4) is 11.5 Å². The molecule has 0 fully saturated rings. The minimum absolute atomic E-state index is 0.335. The molecule has 1 aliphatic carbocycles. The van der Waals surface area contributed by atoms with Gasteiger partial charge in [-0.05, 0) is 48.3 Å². The molecule has 23 heavy (non-hydrogen) atoms. The molecule has 2 atom stereocenters. The predicted octanol–water partition coefficient (Wildman–Crippen LogP) is 4.33. The molecule has 0 radical (unpaired) electrons. The van der Waals surface area contributed by atoms with Crippen molar-refractivity contribution in [2.24, 2.45) is 0 Å². The van der Waals surface area contributed by atoms with E-state index in [4.69, 9.17) is 9.47 Å². The van der Waals surface area contributed by atoms with E-state index in [9.17, 15) is 0 Å². The van der Waals surface area contributed by atoms with Gasteiger partial charge in [0.2, 0.25) is 6.79 Å². The van der Waals surface area contributed by atoms with Crippen LogP contribution in [-0.2, 0) is 0 Å². The summed E-state index contributed by atoms with van der Waals surface area (Å²) in [5.74, 6) is 2.18. The van der Waals surface area contributed by atoms with E-state index in [1.807, 2.05) is 6.07 Å². The maximum atomic E-state index is 5.57. The highest BCUT2D eigenvalue weighted by atomic mass is 16.7.